The van der Waals surface area contributed by atoms with E-state index < -0.39 is 0 Å². The highest BCUT2D eigenvalue weighted by atomic mass is 79.9. The largest absolute Gasteiger partial charge is 0.462 e. The predicted molar refractivity (Wildman–Crippen MR) is 69.2 cm³/mol. The van der Waals surface area contributed by atoms with Crippen molar-refractivity contribution in [2.45, 2.75) is 13.3 Å². The number of hydrogen-bond donors (Lipinski definition) is 0. The van der Waals surface area contributed by atoms with Crippen LogP contribution in [0, 0.1) is 6.92 Å². The standard InChI is InChI=1S/C14H11BrO/c1-9-2-5-14(16-9)12-6-10-3-4-13(15)8-11(10)7-12/h2-6,8H,7H2,1H3. The number of allylic oxidation sites excluding steroid dienone is 1. The first-order valence-electron chi connectivity index (χ1n) is 5.28. The van der Waals surface area contributed by atoms with E-state index in [-0.39, 0.29) is 0 Å². The number of fused-ring (bicyclic) bond motifs is 1. The van der Waals surface area contributed by atoms with Gasteiger partial charge in [-0.25, -0.2) is 0 Å². The Balaban J connectivity index is 1.99. The van der Waals surface area contributed by atoms with Gasteiger partial charge in [-0.2, -0.15) is 0 Å². The second-order valence-corrected chi connectivity index (χ2v) is 5.02. The maximum atomic E-state index is 5.65. The van der Waals surface area contributed by atoms with E-state index in [1.807, 2.05) is 19.1 Å². The Bertz CT molecular complexity index is 578. The molecule has 0 saturated heterocycles. The summed E-state index contributed by atoms with van der Waals surface area (Å²) in [6.45, 7) is 1.97. The molecule has 0 unspecified atom stereocenters. The summed E-state index contributed by atoms with van der Waals surface area (Å²) in [7, 11) is 0. The molecule has 1 aromatic heterocycles. The molecular weight excluding hydrogens is 264 g/mol. The van der Waals surface area contributed by atoms with Crippen molar-refractivity contribution in [3.8, 4) is 0 Å². The van der Waals surface area contributed by atoms with Gasteiger partial charge in [0.25, 0.3) is 0 Å². The van der Waals surface area contributed by atoms with Crippen molar-refractivity contribution in [3.05, 3.63) is 57.5 Å². The van der Waals surface area contributed by atoms with Crippen molar-refractivity contribution >= 4 is 27.6 Å². The van der Waals surface area contributed by atoms with E-state index in [1.54, 1.807) is 0 Å². The molecule has 0 amide bonds. The number of aryl methyl sites for hydroxylation is 1. The molecule has 3 rings (SSSR count). The van der Waals surface area contributed by atoms with Crippen LogP contribution in [0.4, 0.5) is 0 Å². The van der Waals surface area contributed by atoms with Crippen molar-refractivity contribution in [1.29, 1.82) is 0 Å². The van der Waals surface area contributed by atoms with Gasteiger partial charge in [-0.1, -0.05) is 22.0 Å². The molecular formula is C14H11BrO. The molecule has 1 aliphatic rings. The van der Waals surface area contributed by atoms with E-state index in [1.165, 1.54) is 16.7 Å². The zero-order chi connectivity index (χ0) is 11.1. The van der Waals surface area contributed by atoms with Gasteiger partial charge in [-0.15, -0.1) is 0 Å². The van der Waals surface area contributed by atoms with Crippen LogP contribution in [-0.2, 0) is 6.42 Å². The molecule has 0 spiro atoms. The van der Waals surface area contributed by atoms with Crippen LogP contribution in [0.1, 0.15) is 22.6 Å². The first-order chi connectivity index (χ1) is 7.72. The van der Waals surface area contributed by atoms with Gasteiger partial charge in [0.2, 0.25) is 0 Å². The number of benzene rings is 1. The van der Waals surface area contributed by atoms with E-state index >= 15 is 0 Å². The van der Waals surface area contributed by atoms with Crippen LogP contribution in [-0.4, -0.2) is 0 Å². The third-order valence-electron chi connectivity index (χ3n) is 2.87. The third-order valence-corrected chi connectivity index (χ3v) is 3.37. The lowest BCUT2D eigenvalue weighted by Crippen LogP contribution is -1.83. The molecule has 0 aliphatic heterocycles. The summed E-state index contributed by atoms with van der Waals surface area (Å²) in [5, 5.41) is 0. The first kappa shape index (κ1) is 9.91. The van der Waals surface area contributed by atoms with Crippen molar-refractivity contribution in [2.24, 2.45) is 0 Å². The second-order valence-electron chi connectivity index (χ2n) is 4.10. The highest BCUT2D eigenvalue weighted by Gasteiger charge is 2.16. The van der Waals surface area contributed by atoms with E-state index in [4.69, 9.17) is 4.42 Å². The zero-order valence-corrected chi connectivity index (χ0v) is 10.5. The SMILES string of the molecule is Cc1ccc(C2=Cc3ccc(Br)cc3C2)o1. The Hall–Kier alpha value is -1.28. The number of halogens is 1. The third kappa shape index (κ3) is 1.63. The molecule has 0 fully saturated rings. The van der Waals surface area contributed by atoms with Crippen molar-refractivity contribution < 1.29 is 4.42 Å². The Labute approximate surface area is 103 Å². The maximum Gasteiger partial charge on any atom is 0.130 e. The van der Waals surface area contributed by atoms with Crippen molar-refractivity contribution in [1.82, 2.24) is 0 Å². The fraction of sp³-hybridized carbons (Fsp3) is 0.143. The van der Waals surface area contributed by atoms with Crippen LogP contribution in [0.15, 0.2) is 39.2 Å². The molecule has 80 valence electrons. The van der Waals surface area contributed by atoms with Crippen molar-refractivity contribution in [3.63, 3.8) is 0 Å². The highest BCUT2D eigenvalue weighted by molar-refractivity contribution is 9.10. The van der Waals surface area contributed by atoms with Crippen LogP contribution in [0.3, 0.4) is 0 Å². The summed E-state index contributed by atoms with van der Waals surface area (Å²) in [5.74, 6) is 1.96. The molecule has 1 heterocycles. The van der Waals surface area contributed by atoms with Crippen LogP contribution in [0.25, 0.3) is 11.6 Å². The van der Waals surface area contributed by atoms with Gasteiger partial charge >= 0.3 is 0 Å². The normalized spacial score (nSPS) is 13.8. The summed E-state index contributed by atoms with van der Waals surface area (Å²) in [4.78, 5) is 0. The number of rotatable bonds is 1. The summed E-state index contributed by atoms with van der Waals surface area (Å²) in [5.41, 5.74) is 3.92. The smallest absolute Gasteiger partial charge is 0.130 e. The molecule has 0 atom stereocenters. The van der Waals surface area contributed by atoms with Gasteiger partial charge in [0.05, 0.1) is 0 Å². The van der Waals surface area contributed by atoms with Crippen molar-refractivity contribution in [2.75, 3.05) is 0 Å². The van der Waals surface area contributed by atoms with E-state index in [0.717, 1.165) is 22.4 Å². The Morgan fingerprint density at radius 1 is 1.19 bits per heavy atom. The van der Waals surface area contributed by atoms with Crippen LogP contribution >= 0.6 is 15.9 Å². The number of hydrogen-bond acceptors (Lipinski definition) is 1. The van der Waals surface area contributed by atoms with Gasteiger partial charge in [-0.3, -0.25) is 0 Å². The van der Waals surface area contributed by atoms with E-state index in [2.05, 4.69) is 40.2 Å². The van der Waals surface area contributed by atoms with Gasteiger partial charge in [-0.05, 0) is 54.0 Å². The molecule has 0 bridgehead atoms. The summed E-state index contributed by atoms with van der Waals surface area (Å²) in [6.07, 6.45) is 3.17. The molecule has 2 heteroatoms. The minimum Gasteiger partial charge on any atom is -0.462 e. The predicted octanol–water partition coefficient (Wildman–Crippen LogP) is 4.45. The lowest BCUT2D eigenvalue weighted by Gasteiger charge is -1.99. The Kier molecular flexibility index (Phi) is 2.25. The fourth-order valence-electron chi connectivity index (χ4n) is 2.08. The second kappa shape index (κ2) is 3.63. The Morgan fingerprint density at radius 3 is 2.81 bits per heavy atom. The van der Waals surface area contributed by atoms with Crippen LogP contribution in [0.2, 0.25) is 0 Å². The van der Waals surface area contributed by atoms with Gasteiger partial charge < -0.3 is 4.42 Å². The molecule has 1 aromatic carbocycles. The lowest BCUT2D eigenvalue weighted by molar-refractivity contribution is 0.521. The molecule has 0 N–H and O–H groups in total. The van der Waals surface area contributed by atoms with Gasteiger partial charge in [0.1, 0.15) is 11.5 Å². The summed E-state index contributed by atoms with van der Waals surface area (Å²) >= 11 is 3.50. The average molecular weight is 275 g/mol. The molecule has 16 heavy (non-hydrogen) atoms. The molecule has 0 saturated carbocycles. The average Bonchev–Trinajstić information content (AvgIpc) is 2.83. The van der Waals surface area contributed by atoms with Gasteiger partial charge in [0.15, 0.2) is 0 Å². The lowest BCUT2D eigenvalue weighted by atomic mass is 10.1. The Morgan fingerprint density at radius 2 is 2.06 bits per heavy atom. The maximum absolute atomic E-state index is 5.65. The minimum atomic E-state index is 0.960. The van der Waals surface area contributed by atoms with Crippen LogP contribution < -0.4 is 0 Å². The van der Waals surface area contributed by atoms with Gasteiger partial charge in [0, 0.05) is 10.9 Å². The quantitative estimate of drug-likeness (QED) is 0.749. The van der Waals surface area contributed by atoms with Crippen LogP contribution in [0.5, 0.6) is 0 Å². The van der Waals surface area contributed by atoms with E-state index in [9.17, 15) is 0 Å². The minimum absolute atomic E-state index is 0.960. The monoisotopic (exact) mass is 274 g/mol. The number of furan rings is 1. The molecule has 1 aliphatic carbocycles. The zero-order valence-electron chi connectivity index (χ0n) is 8.96. The molecule has 1 nitrogen and oxygen atoms in total. The summed E-state index contributed by atoms with van der Waals surface area (Å²) < 4.78 is 6.78. The molecule has 2 aromatic rings. The molecule has 0 radical (unpaired) electrons. The first-order valence-corrected chi connectivity index (χ1v) is 6.07. The topological polar surface area (TPSA) is 13.1 Å². The fourth-order valence-corrected chi connectivity index (χ4v) is 2.49. The van der Waals surface area contributed by atoms with E-state index in [0.29, 0.717) is 0 Å². The summed E-state index contributed by atoms with van der Waals surface area (Å²) in [6, 6.07) is 10.4. The highest BCUT2D eigenvalue weighted by Crippen LogP contribution is 2.33.